The van der Waals surface area contributed by atoms with Crippen molar-refractivity contribution in [2.24, 2.45) is 0 Å². The number of amides is 3. The lowest BCUT2D eigenvalue weighted by atomic mass is 10.1. The summed E-state index contributed by atoms with van der Waals surface area (Å²) >= 11 is 6.22. The van der Waals surface area contributed by atoms with Crippen LogP contribution in [-0.4, -0.2) is 17.7 Å². The number of halogens is 1. The van der Waals surface area contributed by atoms with Gasteiger partial charge in [-0.1, -0.05) is 48.0 Å². The van der Waals surface area contributed by atoms with E-state index >= 15 is 0 Å². The predicted octanol–water partition coefficient (Wildman–Crippen LogP) is 4.67. The molecular weight excluding hydrogens is 438 g/mol. The van der Waals surface area contributed by atoms with Crippen molar-refractivity contribution in [1.29, 1.82) is 0 Å². The predicted molar refractivity (Wildman–Crippen MR) is 129 cm³/mol. The van der Waals surface area contributed by atoms with Crippen molar-refractivity contribution in [2.45, 2.75) is 20.4 Å². The number of imide groups is 1. The fourth-order valence-corrected chi connectivity index (χ4v) is 3.87. The molecule has 4 rings (SSSR count). The molecule has 0 atom stereocenters. The van der Waals surface area contributed by atoms with Gasteiger partial charge in [-0.15, -0.1) is 0 Å². The summed E-state index contributed by atoms with van der Waals surface area (Å²) in [7, 11) is 0. The van der Waals surface area contributed by atoms with Gasteiger partial charge in [-0.2, -0.15) is 0 Å². The number of hydrogen-bond donors (Lipinski definition) is 2. The largest absolute Gasteiger partial charge is 0.350 e. The molecule has 7 heteroatoms. The minimum atomic E-state index is -0.578. The fourth-order valence-electron chi connectivity index (χ4n) is 3.66. The fraction of sp³-hybridized carbons (Fsp3) is 0.115. The molecule has 1 aliphatic heterocycles. The summed E-state index contributed by atoms with van der Waals surface area (Å²) in [6.45, 7) is 4.22. The third kappa shape index (κ3) is 4.81. The Bertz CT molecular complexity index is 1250. The maximum Gasteiger partial charge on any atom is 0.283 e. The zero-order valence-corrected chi connectivity index (χ0v) is 18.9. The second-order valence-corrected chi connectivity index (χ2v) is 8.23. The van der Waals surface area contributed by atoms with E-state index in [0.717, 1.165) is 21.6 Å². The van der Waals surface area contributed by atoms with Gasteiger partial charge in [-0.25, -0.2) is 4.90 Å². The first-order valence-corrected chi connectivity index (χ1v) is 10.8. The highest BCUT2D eigenvalue weighted by molar-refractivity contribution is 6.53. The lowest BCUT2D eigenvalue weighted by Gasteiger charge is -2.16. The van der Waals surface area contributed by atoms with Crippen molar-refractivity contribution < 1.29 is 14.4 Å². The van der Waals surface area contributed by atoms with Gasteiger partial charge in [-0.05, 0) is 66.9 Å². The molecule has 3 amide bonds. The van der Waals surface area contributed by atoms with E-state index in [9.17, 15) is 14.4 Å². The molecule has 3 aromatic rings. The van der Waals surface area contributed by atoms with Gasteiger partial charge in [0.2, 0.25) is 0 Å². The Hall–Kier alpha value is -3.90. The number of anilines is 2. The van der Waals surface area contributed by atoms with Gasteiger partial charge >= 0.3 is 0 Å². The standard InChI is InChI=1S/C26H22ClN3O3/c1-16-12-17(2)14-21(13-16)30-25(32)22(27)23(26(30)33)29-20-10-8-19(9-11-20)24(31)28-15-18-6-4-3-5-7-18/h3-14,29H,15H2,1-2H3,(H,28,31). The van der Waals surface area contributed by atoms with Crippen molar-refractivity contribution in [1.82, 2.24) is 5.32 Å². The Kier molecular flexibility index (Phi) is 6.29. The van der Waals surface area contributed by atoms with E-state index in [1.54, 1.807) is 36.4 Å². The van der Waals surface area contributed by atoms with Crippen molar-refractivity contribution >= 4 is 40.7 Å². The highest BCUT2D eigenvalue weighted by atomic mass is 35.5. The van der Waals surface area contributed by atoms with Crippen LogP contribution in [0.3, 0.4) is 0 Å². The molecule has 0 aromatic heterocycles. The zero-order valence-electron chi connectivity index (χ0n) is 18.2. The summed E-state index contributed by atoms with van der Waals surface area (Å²) in [6.07, 6.45) is 0. The second kappa shape index (κ2) is 9.30. The number of hydrogen-bond acceptors (Lipinski definition) is 4. The van der Waals surface area contributed by atoms with Crippen LogP contribution in [0.25, 0.3) is 0 Å². The van der Waals surface area contributed by atoms with E-state index in [1.807, 2.05) is 50.2 Å². The minimum Gasteiger partial charge on any atom is -0.350 e. The maximum absolute atomic E-state index is 13.0. The lowest BCUT2D eigenvalue weighted by Crippen LogP contribution is -2.32. The normalized spacial score (nSPS) is 13.5. The third-order valence-corrected chi connectivity index (χ3v) is 5.55. The number of nitrogens with one attached hydrogen (secondary N) is 2. The van der Waals surface area contributed by atoms with Crippen LogP contribution in [0.5, 0.6) is 0 Å². The van der Waals surface area contributed by atoms with Crippen LogP contribution >= 0.6 is 11.6 Å². The van der Waals surface area contributed by atoms with Crippen molar-refractivity contribution in [2.75, 3.05) is 10.2 Å². The number of rotatable bonds is 6. The molecule has 1 heterocycles. The number of benzene rings is 3. The molecule has 0 spiro atoms. The highest BCUT2D eigenvalue weighted by Crippen LogP contribution is 2.31. The maximum atomic E-state index is 13.0. The van der Waals surface area contributed by atoms with Crippen LogP contribution < -0.4 is 15.5 Å². The number of carbonyl (C=O) groups excluding carboxylic acids is 3. The topological polar surface area (TPSA) is 78.5 Å². The minimum absolute atomic E-state index is 0.00195. The molecule has 0 saturated heterocycles. The Morgan fingerprint density at radius 3 is 2.15 bits per heavy atom. The van der Waals surface area contributed by atoms with Crippen LogP contribution in [0.15, 0.2) is 83.5 Å². The average Bonchev–Trinajstić information content (AvgIpc) is 3.01. The first kappa shape index (κ1) is 22.3. The average molecular weight is 460 g/mol. The Morgan fingerprint density at radius 2 is 1.52 bits per heavy atom. The van der Waals surface area contributed by atoms with Gasteiger partial charge in [0.15, 0.2) is 0 Å². The molecule has 0 bridgehead atoms. The smallest absolute Gasteiger partial charge is 0.283 e. The van der Waals surface area contributed by atoms with Crippen LogP contribution in [0.2, 0.25) is 0 Å². The van der Waals surface area contributed by atoms with E-state index in [-0.39, 0.29) is 16.6 Å². The van der Waals surface area contributed by atoms with E-state index < -0.39 is 11.8 Å². The van der Waals surface area contributed by atoms with E-state index in [2.05, 4.69) is 10.6 Å². The quantitative estimate of drug-likeness (QED) is 0.525. The summed E-state index contributed by atoms with van der Waals surface area (Å²) in [4.78, 5) is 39.2. The van der Waals surface area contributed by atoms with Gasteiger partial charge in [-0.3, -0.25) is 14.4 Å². The van der Waals surface area contributed by atoms with Crippen molar-refractivity contribution in [3.8, 4) is 0 Å². The Labute approximate surface area is 196 Å². The molecule has 0 fully saturated rings. The molecule has 0 aliphatic carbocycles. The first-order chi connectivity index (χ1) is 15.8. The lowest BCUT2D eigenvalue weighted by molar-refractivity contribution is -0.120. The molecule has 6 nitrogen and oxygen atoms in total. The summed E-state index contributed by atoms with van der Waals surface area (Å²) < 4.78 is 0. The monoisotopic (exact) mass is 459 g/mol. The number of aryl methyl sites for hydroxylation is 2. The first-order valence-electron chi connectivity index (χ1n) is 10.4. The molecule has 0 saturated carbocycles. The van der Waals surface area contributed by atoms with Crippen LogP contribution in [-0.2, 0) is 16.1 Å². The summed E-state index contributed by atoms with van der Waals surface area (Å²) in [5.41, 5.74) is 4.36. The summed E-state index contributed by atoms with van der Waals surface area (Å²) in [6, 6.07) is 21.7. The molecule has 166 valence electrons. The van der Waals surface area contributed by atoms with Crippen LogP contribution in [0, 0.1) is 13.8 Å². The van der Waals surface area contributed by atoms with Crippen molar-refractivity contribution in [3.63, 3.8) is 0 Å². The molecule has 3 aromatic carbocycles. The zero-order chi connectivity index (χ0) is 23.5. The van der Waals surface area contributed by atoms with Gasteiger partial charge in [0, 0.05) is 17.8 Å². The van der Waals surface area contributed by atoms with E-state index in [1.165, 1.54) is 0 Å². The van der Waals surface area contributed by atoms with E-state index in [0.29, 0.717) is 23.5 Å². The summed E-state index contributed by atoms with van der Waals surface area (Å²) in [5.74, 6) is -1.32. The number of nitrogens with zero attached hydrogens (tertiary/aromatic N) is 1. The van der Waals surface area contributed by atoms with Crippen LogP contribution in [0.1, 0.15) is 27.0 Å². The van der Waals surface area contributed by atoms with Gasteiger partial charge in [0.05, 0.1) is 5.69 Å². The molecule has 33 heavy (non-hydrogen) atoms. The van der Waals surface area contributed by atoms with Crippen molar-refractivity contribution in [3.05, 3.63) is 106 Å². The highest BCUT2D eigenvalue weighted by Gasteiger charge is 2.39. The molecular formula is C26H22ClN3O3. The molecule has 1 aliphatic rings. The van der Waals surface area contributed by atoms with Gasteiger partial charge in [0.25, 0.3) is 17.7 Å². The van der Waals surface area contributed by atoms with E-state index in [4.69, 9.17) is 11.6 Å². The van der Waals surface area contributed by atoms with Gasteiger partial charge < -0.3 is 10.6 Å². The molecule has 2 N–H and O–H groups in total. The molecule has 0 radical (unpaired) electrons. The number of carbonyl (C=O) groups is 3. The SMILES string of the molecule is Cc1cc(C)cc(N2C(=O)C(Cl)=C(Nc3ccc(C(=O)NCc4ccccc4)cc3)C2=O)c1. The van der Waals surface area contributed by atoms with Crippen LogP contribution in [0.4, 0.5) is 11.4 Å². The Morgan fingerprint density at radius 1 is 0.879 bits per heavy atom. The second-order valence-electron chi connectivity index (χ2n) is 7.85. The van der Waals surface area contributed by atoms with Gasteiger partial charge in [0.1, 0.15) is 10.7 Å². The molecule has 0 unspecified atom stereocenters. The summed E-state index contributed by atoms with van der Waals surface area (Å²) in [5, 5.41) is 5.62. The Balaban J connectivity index is 1.45. The third-order valence-electron chi connectivity index (χ3n) is 5.20.